The Morgan fingerprint density at radius 2 is 1.85 bits per heavy atom. The number of aromatic nitrogens is 2. The van der Waals surface area contributed by atoms with Gasteiger partial charge in [0.2, 0.25) is 0 Å². The summed E-state index contributed by atoms with van der Waals surface area (Å²) in [5.74, 6) is 0.854. The van der Waals surface area contributed by atoms with Gasteiger partial charge in [0.05, 0.1) is 34.5 Å². The highest BCUT2D eigenvalue weighted by Crippen LogP contribution is 2.42. The van der Waals surface area contributed by atoms with Gasteiger partial charge in [-0.15, -0.1) is 0 Å². The molecule has 2 N–H and O–H groups in total. The largest absolute Gasteiger partial charge is 0.486 e. The summed E-state index contributed by atoms with van der Waals surface area (Å²) in [6, 6.07) is 7.12. The molecule has 0 saturated carbocycles. The lowest BCUT2D eigenvalue weighted by Crippen LogP contribution is -2.50. The minimum absolute atomic E-state index is 0.0658. The van der Waals surface area contributed by atoms with Crippen molar-refractivity contribution in [3.63, 3.8) is 0 Å². The van der Waals surface area contributed by atoms with Crippen LogP contribution >= 0.6 is 23.2 Å². The second-order valence-corrected chi connectivity index (χ2v) is 11.0. The Bertz CT molecular complexity index is 1380. The van der Waals surface area contributed by atoms with Crippen LogP contribution in [0.2, 0.25) is 10.0 Å². The zero-order chi connectivity index (χ0) is 27.1. The van der Waals surface area contributed by atoms with E-state index < -0.39 is 12.0 Å². The third-order valence-corrected chi connectivity index (χ3v) is 8.51. The van der Waals surface area contributed by atoms with Gasteiger partial charge >= 0.3 is 0 Å². The second kappa shape index (κ2) is 11.1. The monoisotopic (exact) mass is 574 g/mol. The highest BCUT2D eigenvalue weighted by atomic mass is 35.5. The molecule has 3 aliphatic rings. The maximum Gasteiger partial charge on any atom is 0.166 e. The van der Waals surface area contributed by atoms with Crippen LogP contribution in [0.25, 0.3) is 10.9 Å². The molecule has 1 aromatic heterocycles. The third kappa shape index (κ3) is 5.26. The van der Waals surface area contributed by atoms with Crippen LogP contribution in [0, 0.1) is 5.82 Å². The van der Waals surface area contributed by atoms with Crippen molar-refractivity contribution in [2.75, 3.05) is 18.5 Å². The Labute approximate surface area is 235 Å². The number of anilines is 2. The highest BCUT2D eigenvalue weighted by Gasteiger charge is 2.44. The van der Waals surface area contributed by atoms with Crippen LogP contribution in [-0.2, 0) is 4.74 Å². The summed E-state index contributed by atoms with van der Waals surface area (Å²) < 4.78 is 33.3. The Morgan fingerprint density at radius 3 is 2.56 bits per heavy atom. The van der Waals surface area contributed by atoms with Gasteiger partial charge < -0.3 is 24.6 Å². The van der Waals surface area contributed by atoms with E-state index in [0.717, 1.165) is 32.1 Å². The van der Waals surface area contributed by atoms with Crippen molar-refractivity contribution in [3.8, 4) is 11.5 Å². The molecular weight excluding hydrogens is 546 g/mol. The topological polar surface area (TPSA) is 89.0 Å². The minimum Gasteiger partial charge on any atom is -0.486 e. The Hall–Kier alpha value is -2.69. The number of nitrogens with zero attached hydrogens (tertiary/aromatic N) is 3. The summed E-state index contributed by atoms with van der Waals surface area (Å²) in [5, 5.41) is 14.1. The first-order valence-electron chi connectivity index (χ1n) is 13.1. The lowest BCUT2D eigenvalue weighted by Gasteiger charge is -2.40. The summed E-state index contributed by atoms with van der Waals surface area (Å²) >= 11 is 12.0. The number of aliphatic hydroxyl groups is 1. The standard InChI is InChI=1S/C28H29Cl2FN4O4/c1-2-25(36)35-15-3-4-16(35)10-18(9-15)39-23-11-19-22(12-24(23)38-17-7-8-37-13-17)32-14-33-28(19)34-21-6-5-20(29)26(30)27(21)31/h2,5-6,11-12,14-18,25,36H,1,3-4,7-10,13H2,(H,32,33,34). The van der Waals surface area contributed by atoms with Gasteiger partial charge in [-0.1, -0.05) is 29.8 Å². The van der Waals surface area contributed by atoms with Gasteiger partial charge in [-0.2, -0.15) is 0 Å². The molecule has 6 rings (SSSR count). The van der Waals surface area contributed by atoms with E-state index in [2.05, 4.69) is 26.8 Å². The molecule has 11 heteroatoms. The molecule has 3 fully saturated rings. The summed E-state index contributed by atoms with van der Waals surface area (Å²) in [6.45, 7) is 4.91. The first-order valence-corrected chi connectivity index (χ1v) is 13.8. The summed E-state index contributed by atoms with van der Waals surface area (Å²) in [6.07, 6.45) is 6.52. The number of piperidine rings is 1. The number of benzene rings is 2. The minimum atomic E-state index is -0.669. The molecule has 4 unspecified atom stereocenters. The van der Waals surface area contributed by atoms with E-state index in [9.17, 15) is 9.50 Å². The van der Waals surface area contributed by atoms with Crippen LogP contribution < -0.4 is 14.8 Å². The molecule has 3 saturated heterocycles. The van der Waals surface area contributed by atoms with Crippen LogP contribution in [0.5, 0.6) is 11.5 Å². The molecule has 3 aliphatic heterocycles. The number of rotatable bonds is 8. The van der Waals surface area contributed by atoms with Crippen LogP contribution in [-0.4, -0.2) is 63.7 Å². The molecule has 0 aliphatic carbocycles. The second-order valence-electron chi connectivity index (χ2n) is 10.2. The number of hydrogen-bond donors (Lipinski definition) is 2. The molecule has 0 radical (unpaired) electrons. The van der Waals surface area contributed by atoms with Crippen molar-refractivity contribution in [3.05, 3.63) is 59.1 Å². The van der Waals surface area contributed by atoms with E-state index >= 15 is 0 Å². The number of nitrogens with one attached hydrogen (secondary N) is 1. The summed E-state index contributed by atoms with van der Waals surface area (Å²) in [5.41, 5.74) is 0.748. The van der Waals surface area contributed by atoms with Gasteiger partial charge in [-0.3, -0.25) is 4.90 Å². The van der Waals surface area contributed by atoms with Crippen LogP contribution in [0.1, 0.15) is 32.1 Å². The van der Waals surface area contributed by atoms with Crippen LogP contribution in [0.15, 0.2) is 43.2 Å². The maximum absolute atomic E-state index is 14.8. The molecule has 0 spiro atoms. The van der Waals surface area contributed by atoms with Crippen molar-refractivity contribution in [1.82, 2.24) is 14.9 Å². The maximum atomic E-state index is 14.8. The fourth-order valence-electron chi connectivity index (χ4n) is 5.88. The van der Waals surface area contributed by atoms with E-state index in [4.69, 9.17) is 37.4 Å². The van der Waals surface area contributed by atoms with E-state index in [-0.39, 0.29) is 40.0 Å². The summed E-state index contributed by atoms with van der Waals surface area (Å²) in [4.78, 5) is 10.9. The van der Waals surface area contributed by atoms with Gasteiger partial charge in [0.15, 0.2) is 17.3 Å². The zero-order valence-electron chi connectivity index (χ0n) is 21.2. The van der Waals surface area contributed by atoms with E-state index in [1.807, 2.05) is 12.1 Å². The van der Waals surface area contributed by atoms with E-state index in [1.54, 1.807) is 6.08 Å². The number of ether oxygens (including phenoxy) is 3. The van der Waals surface area contributed by atoms with Gasteiger partial charge in [0.1, 0.15) is 30.6 Å². The quantitative estimate of drug-likeness (QED) is 0.255. The molecule has 2 bridgehead atoms. The first-order chi connectivity index (χ1) is 18.9. The van der Waals surface area contributed by atoms with Crippen molar-refractivity contribution in [2.45, 2.75) is 62.6 Å². The zero-order valence-corrected chi connectivity index (χ0v) is 22.7. The Kier molecular flexibility index (Phi) is 7.52. The molecule has 4 atom stereocenters. The normalized spacial score (nSPS) is 25.5. The molecule has 8 nitrogen and oxygen atoms in total. The fourth-order valence-corrected chi connectivity index (χ4v) is 6.19. The number of hydrogen-bond acceptors (Lipinski definition) is 8. The fraction of sp³-hybridized carbons (Fsp3) is 0.429. The molecule has 0 amide bonds. The Balaban J connectivity index is 1.33. The first kappa shape index (κ1) is 26.5. The highest BCUT2D eigenvalue weighted by molar-refractivity contribution is 6.42. The van der Waals surface area contributed by atoms with Crippen molar-refractivity contribution in [2.24, 2.45) is 0 Å². The van der Waals surface area contributed by atoms with Crippen molar-refractivity contribution < 1.29 is 23.7 Å². The van der Waals surface area contributed by atoms with E-state index in [1.165, 1.54) is 18.5 Å². The van der Waals surface area contributed by atoms with E-state index in [0.29, 0.717) is 41.4 Å². The summed E-state index contributed by atoms with van der Waals surface area (Å²) in [7, 11) is 0. The Morgan fingerprint density at radius 1 is 1.10 bits per heavy atom. The van der Waals surface area contributed by atoms with Gasteiger partial charge in [0.25, 0.3) is 0 Å². The average Bonchev–Trinajstić information content (AvgIpc) is 3.54. The van der Waals surface area contributed by atoms with Crippen LogP contribution in [0.4, 0.5) is 15.9 Å². The SMILES string of the molecule is C=CC(O)N1C2CCC1CC(Oc1cc3c(Nc4ccc(Cl)c(Cl)c4F)ncnc3cc1OC1CCOC1)C2. The molecule has 3 aromatic rings. The smallest absolute Gasteiger partial charge is 0.166 e. The predicted molar refractivity (Wildman–Crippen MR) is 148 cm³/mol. The van der Waals surface area contributed by atoms with Crippen LogP contribution in [0.3, 0.4) is 0 Å². The van der Waals surface area contributed by atoms with Gasteiger partial charge in [-0.05, 0) is 50.0 Å². The molecular formula is C28H29Cl2FN4O4. The van der Waals surface area contributed by atoms with Gasteiger partial charge in [0, 0.05) is 30.0 Å². The molecule has 4 heterocycles. The molecule has 206 valence electrons. The van der Waals surface area contributed by atoms with Gasteiger partial charge in [-0.25, -0.2) is 14.4 Å². The molecule has 39 heavy (non-hydrogen) atoms. The molecule has 2 aromatic carbocycles. The third-order valence-electron chi connectivity index (χ3n) is 7.73. The number of fused-ring (bicyclic) bond motifs is 3. The van der Waals surface area contributed by atoms with Crippen molar-refractivity contribution in [1.29, 1.82) is 0 Å². The lowest BCUT2D eigenvalue weighted by atomic mass is 9.99. The lowest BCUT2D eigenvalue weighted by molar-refractivity contribution is -0.0433. The number of aliphatic hydroxyl groups excluding tert-OH is 1. The number of halogens is 3. The average molecular weight is 575 g/mol. The van der Waals surface area contributed by atoms with Crippen molar-refractivity contribution >= 4 is 45.6 Å². The predicted octanol–water partition coefficient (Wildman–Crippen LogP) is 5.87.